The number of para-hydroxylation sites is 1. The van der Waals surface area contributed by atoms with Crippen molar-refractivity contribution in [1.29, 1.82) is 0 Å². The maximum atomic E-state index is 6.76. The van der Waals surface area contributed by atoms with E-state index in [1.165, 1.54) is 25.7 Å². The molecule has 0 fully saturated rings. The molecular formula is C51H31N3OS. The summed E-state index contributed by atoms with van der Waals surface area (Å²) in [4.78, 5) is 15.0. The second-order valence-corrected chi connectivity index (χ2v) is 15.0. The van der Waals surface area contributed by atoms with Crippen molar-refractivity contribution in [2.45, 2.75) is 0 Å². The summed E-state index contributed by atoms with van der Waals surface area (Å²) < 4.78 is 9.33. The van der Waals surface area contributed by atoms with E-state index in [9.17, 15) is 0 Å². The molecule has 0 saturated heterocycles. The van der Waals surface area contributed by atoms with Crippen LogP contribution in [0.25, 0.3) is 110 Å². The highest BCUT2D eigenvalue weighted by molar-refractivity contribution is 7.25. The molecule has 0 aliphatic heterocycles. The normalized spacial score (nSPS) is 11.6. The van der Waals surface area contributed by atoms with Crippen LogP contribution in [0.2, 0.25) is 0 Å². The third-order valence-corrected chi connectivity index (χ3v) is 11.8. The van der Waals surface area contributed by atoms with Gasteiger partial charge < -0.3 is 4.42 Å². The van der Waals surface area contributed by atoms with Crippen molar-refractivity contribution >= 4 is 53.4 Å². The predicted octanol–water partition coefficient (Wildman–Crippen LogP) is 14.1. The quantitative estimate of drug-likeness (QED) is 0.171. The van der Waals surface area contributed by atoms with E-state index in [1.54, 1.807) is 0 Å². The van der Waals surface area contributed by atoms with Crippen LogP contribution in [0.1, 0.15) is 0 Å². The maximum absolute atomic E-state index is 6.76. The Morgan fingerprint density at radius 1 is 0.393 bits per heavy atom. The Kier molecular flexibility index (Phi) is 7.64. The van der Waals surface area contributed by atoms with Crippen LogP contribution >= 0.6 is 11.3 Å². The zero-order chi connectivity index (χ0) is 37.0. The predicted molar refractivity (Wildman–Crippen MR) is 233 cm³/mol. The molecule has 5 heteroatoms. The van der Waals surface area contributed by atoms with E-state index in [0.29, 0.717) is 5.82 Å². The van der Waals surface area contributed by atoms with Crippen molar-refractivity contribution in [3.63, 3.8) is 0 Å². The smallest absolute Gasteiger partial charge is 0.161 e. The van der Waals surface area contributed by atoms with Crippen molar-refractivity contribution in [3.8, 4) is 67.4 Å². The molecule has 0 spiro atoms. The lowest BCUT2D eigenvalue weighted by molar-refractivity contribution is 0.670. The number of pyridine rings is 1. The monoisotopic (exact) mass is 733 g/mol. The first-order valence-corrected chi connectivity index (χ1v) is 19.5. The van der Waals surface area contributed by atoms with Crippen molar-refractivity contribution in [2.75, 3.05) is 0 Å². The van der Waals surface area contributed by atoms with E-state index in [0.717, 1.165) is 78.0 Å². The van der Waals surface area contributed by atoms with Gasteiger partial charge in [0.2, 0.25) is 0 Å². The Bertz CT molecular complexity index is 3240. The number of rotatable bonds is 6. The fourth-order valence-corrected chi connectivity index (χ4v) is 9.13. The van der Waals surface area contributed by atoms with Crippen molar-refractivity contribution in [3.05, 3.63) is 188 Å². The molecule has 0 radical (unpaired) electrons. The van der Waals surface area contributed by atoms with Crippen molar-refractivity contribution in [2.24, 2.45) is 0 Å². The van der Waals surface area contributed by atoms with Gasteiger partial charge in [0.25, 0.3) is 0 Å². The molecule has 0 atom stereocenters. The minimum atomic E-state index is 0.655. The lowest BCUT2D eigenvalue weighted by Gasteiger charge is -2.13. The summed E-state index contributed by atoms with van der Waals surface area (Å²) in [5.74, 6) is 0.655. The molecule has 11 aromatic rings. The summed E-state index contributed by atoms with van der Waals surface area (Å²) in [7, 11) is 0. The number of hydrogen-bond donors (Lipinski definition) is 0. The number of benzene rings is 7. The summed E-state index contributed by atoms with van der Waals surface area (Å²) in [6, 6.07) is 63.4. The molecule has 0 aliphatic rings. The highest BCUT2D eigenvalue weighted by Gasteiger charge is 2.20. The first-order chi connectivity index (χ1) is 27.8. The molecule has 0 amide bonds. The number of hydrogen-bond acceptors (Lipinski definition) is 5. The third kappa shape index (κ3) is 5.40. The van der Waals surface area contributed by atoms with Crippen LogP contribution in [0, 0.1) is 0 Å². The highest BCUT2D eigenvalue weighted by Crippen LogP contribution is 2.46. The van der Waals surface area contributed by atoms with E-state index in [1.807, 2.05) is 72.1 Å². The standard InChI is InChI=1S/C51H31N3OS/c1-2-13-33(14-3-1)43-31-44(54-51(53-43)39-16-5-4-15-36(39)42-20-10-11-30-52-42)34-26-24-32(25-27-34)35-28-29-38(50-49(35)40-17-6-8-21-45(40)55-50)37-19-12-23-47-48(37)41-18-7-9-22-46(41)56-47/h1-31H. The van der Waals surface area contributed by atoms with E-state index in [2.05, 4.69) is 132 Å². The second-order valence-electron chi connectivity index (χ2n) is 13.9. The lowest BCUT2D eigenvalue weighted by atomic mass is 9.92. The van der Waals surface area contributed by atoms with Crippen LogP contribution < -0.4 is 0 Å². The average molecular weight is 734 g/mol. The third-order valence-electron chi connectivity index (χ3n) is 10.6. The van der Waals surface area contributed by atoms with Gasteiger partial charge in [-0.1, -0.05) is 140 Å². The van der Waals surface area contributed by atoms with Gasteiger partial charge in [0.15, 0.2) is 5.82 Å². The van der Waals surface area contributed by atoms with Gasteiger partial charge in [-0.2, -0.15) is 0 Å². The van der Waals surface area contributed by atoms with Gasteiger partial charge >= 0.3 is 0 Å². The lowest BCUT2D eigenvalue weighted by Crippen LogP contribution is -1.98. The first kappa shape index (κ1) is 32.2. The Labute approximate surface area is 327 Å². The van der Waals surface area contributed by atoms with Crippen LogP contribution in [0.3, 0.4) is 0 Å². The number of fused-ring (bicyclic) bond motifs is 6. The van der Waals surface area contributed by atoms with Gasteiger partial charge in [0.05, 0.1) is 17.1 Å². The zero-order valence-electron chi connectivity index (χ0n) is 30.1. The molecule has 4 nitrogen and oxygen atoms in total. The zero-order valence-corrected chi connectivity index (χ0v) is 30.9. The molecule has 262 valence electrons. The molecular weight excluding hydrogens is 703 g/mol. The summed E-state index contributed by atoms with van der Waals surface area (Å²) in [6.07, 6.45) is 1.82. The summed E-state index contributed by atoms with van der Waals surface area (Å²) in [5, 5.41) is 4.76. The van der Waals surface area contributed by atoms with E-state index in [-0.39, 0.29) is 0 Å². The molecule has 0 bridgehead atoms. The SMILES string of the molecule is c1ccc(-c2cc(-c3ccc(-c4ccc(-c5cccc6sc7ccccc7c56)c5oc6ccccc6c45)cc3)nc(-c3ccccc3-c3ccccn3)n2)cc1. The van der Waals surface area contributed by atoms with E-state index in [4.69, 9.17) is 14.4 Å². The van der Waals surface area contributed by atoms with E-state index >= 15 is 0 Å². The second kappa shape index (κ2) is 13.3. The number of thiophene rings is 1. The summed E-state index contributed by atoms with van der Waals surface area (Å²) >= 11 is 1.84. The largest absolute Gasteiger partial charge is 0.455 e. The average Bonchev–Trinajstić information content (AvgIpc) is 3.86. The van der Waals surface area contributed by atoms with Crippen molar-refractivity contribution < 1.29 is 4.42 Å². The maximum Gasteiger partial charge on any atom is 0.161 e. The van der Waals surface area contributed by atoms with Gasteiger partial charge in [0, 0.05) is 65.0 Å². The van der Waals surface area contributed by atoms with Gasteiger partial charge in [-0.05, 0) is 59.2 Å². The van der Waals surface area contributed by atoms with Crippen LogP contribution in [0.15, 0.2) is 193 Å². The number of furan rings is 1. The molecule has 7 aromatic carbocycles. The number of nitrogens with zero attached hydrogens (tertiary/aromatic N) is 3. The van der Waals surface area contributed by atoms with Crippen LogP contribution in [0.5, 0.6) is 0 Å². The first-order valence-electron chi connectivity index (χ1n) is 18.7. The minimum Gasteiger partial charge on any atom is -0.455 e. The van der Waals surface area contributed by atoms with Gasteiger partial charge in [0.1, 0.15) is 11.2 Å². The molecule has 56 heavy (non-hydrogen) atoms. The van der Waals surface area contributed by atoms with Gasteiger partial charge in [-0.15, -0.1) is 11.3 Å². The molecule has 0 aliphatic carbocycles. The molecule has 11 rings (SSSR count). The molecule has 0 unspecified atom stereocenters. The fourth-order valence-electron chi connectivity index (χ4n) is 8.00. The molecule has 4 aromatic heterocycles. The van der Waals surface area contributed by atoms with Crippen LogP contribution in [0.4, 0.5) is 0 Å². The van der Waals surface area contributed by atoms with Crippen LogP contribution in [-0.2, 0) is 0 Å². The fraction of sp³-hybridized carbons (Fsp3) is 0. The van der Waals surface area contributed by atoms with Crippen LogP contribution in [-0.4, -0.2) is 15.0 Å². The Balaban J connectivity index is 1.06. The topological polar surface area (TPSA) is 51.8 Å². The highest BCUT2D eigenvalue weighted by atomic mass is 32.1. The Morgan fingerprint density at radius 2 is 1.04 bits per heavy atom. The van der Waals surface area contributed by atoms with E-state index < -0.39 is 0 Å². The Hall–Kier alpha value is -7.21. The summed E-state index contributed by atoms with van der Waals surface area (Å²) in [6.45, 7) is 0. The number of aromatic nitrogens is 3. The van der Waals surface area contributed by atoms with Crippen molar-refractivity contribution in [1.82, 2.24) is 15.0 Å². The molecule has 0 saturated carbocycles. The minimum absolute atomic E-state index is 0.655. The molecule has 0 N–H and O–H groups in total. The summed E-state index contributed by atoms with van der Waals surface area (Å²) in [5.41, 5.74) is 12.8. The van der Waals surface area contributed by atoms with Gasteiger partial charge in [-0.25, -0.2) is 9.97 Å². The molecule has 4 heterocycles. The Morgan fingerprint density at radius 3 is 1.86 bits per heavy atom. The van der Waals surface area contributed by atoms with Gasteiger partial charge in [-0.3, -0.25) is 4.98 Å².